The summed E-state index contributed by atoms with van der Waals surface area (Å²) in [5.74, 6) is -0.255. The van der Waals surface area contributed by atoms with Crippen molar-refractivity contribution in [3.8, 4) is 11.4 Å². The number of ketones is 1. The number of rotatable bonds is 8. The predicted octanol–water partition coefficient (Wildman–Crippen LogP) is 4.44. The van der Waals surface area contributed by atoms with Gasteiger partial charge in [-0.2, -0.15) is 5.10 Å². The molecule has 0 bridgehead atoms. The van der Waals surface area contributed by atoms with Crippen LogP contribution >= 0.6 is 0 Å². The SMILES string of the molecule is CC(C)(C)c1cnn(-c2ccc(N)cc2)c1NC(=O)C(=O)c1ccc(OCCN2CCOCC2)c2ccccc12. The molecule has 1 aromatic heterocycles. The van der Waals surface area contributed by atoms with Gasteiger partial charge in [0.25, 0.3) is 11.7 Å². The number of ether oxygens (including phenoxy) is 2. The van der Waals surface area contributed by atoms with Crippen molar-refractivity contribution in [1.29, 1.82) is 0 Å². The van der Waals surface area contributed by atoms with Crippen LogP contribution in [0.5, 0.6) is 5.75 Å². The number of carbonyl (C=O) groups excluding carboxylic acids is 2. The molecule has 208 valence electrons. The third kappa shape index (κ3) is 5.85. The zero-order valence-corrected chi connectivity index (χ0v) is 23.1. The van der Waals surface area contributed by atoms with E-state index in [9.17, 15) is 9.59 Å². The highest BCUT2D eigenvalue weighted by Crippen LogP contribution is 2.33. The van der Waals surface area contributed by atoms with Crippen LogP contribution in [0.25, 0.3) is 16.5 Å². The van der Waals surface area contributed by atoms with Crippen LogP contribution in [0.3, 0.4) is 0 Å². The third-order valence-electron chi connectivity index (χ3n) is 7.05. The maximum atomic E-state index is 13.6. The van der Waals surface area contributed by atoms with Crippen molar-refractivity contribution in [2.24, 2.45) is 0 Å². The molecule has 1 saturated heterocycles. The lowest BCUT2D eigenvalue weighted by molar-refractivity contribution is -0.112. The molecule has 1 aliphatic rings. The quantitative estimate of drug-likeness (QED) is 0.193. The molecule has 9 nitrogen and oxygen atoms in total. The Morgan fingerprint density at radius 3 is 2.40 bits per heavy atom. The van der Waals surface area contributed by atoms with E-state index in [1.54, 1.807) is 35.1 Å². The summed E-state index contributed by atoms with van der Waals surface area (Å²) in [6.07, 6.45) is 1.72. The van der Waals surface area contributed by atoms with Gasteiger partial charge >= 0.3 is 0 Å². The number of anilines is 2. The molecule has 0 atom stereocenters. The molecule has 3 aromatic carbocycles. The number of hydrogen-bond donors (Lipinski definition) is 2. The molecule has 9 heteroatoms. The van der Waals surface area contributed by atoms with Crippen molar-refractivity contribution in [2.75, 3.05) is 50.5 Å². The minimum atomic E-state index is -0.742. The van der Waals surface area contributed by atoms with Crippen LogP contribution in [-0.2, 0) is 14.9 Å². The molecule has 3 N–H and O–H groups in total. The topological polar surface area (TPSA) is 112 Å². The molecule has 5 rings (SSSR count). The molecule has 0 radical (unpaired) electrons. The van der Waals surface area contributed by atoms with E-state index in [0.29, 0.717) is 34.8 Å². The van der Waals surface area contributed by atoms with Crippen LogP contribution in [0.2, 0.25) is 0 Å². The second-order valence-corrected chi connectivity index (χ2v) is 10.9. The number of hydrogen-bond acceptors (Lipinski definition) is 7. The molecular formula is C31H35N5O4. The van der Waals surface area contributed by atoms with Crippen molar-refractivity contribution in [3.63, 3.8) is 0 Å². The lowest BCUT2D eigenvalue weighted by Gasteiger charge is -2.26. The van der Waals surface area contributed by atoms with Crippen LogP contribution in [0.4, 0.5) is 11.5 Å². The predicted molar refractivity (Wildman–Crippen MR) is 156 cm³/mol. The molecule has 0 spiro atoms. The van der Waals surface area contributed by atoms with Crippen molar-refractivity contribution in [1.82, 2.24) is 14.7 Å². The van der Waals surface area contributed by atoms with E-state index in [4.69, 9.17) is 15.2 Å². The average molecular weight is 542 g/mol. The molecule has 1 fully saturated rings. The van der Waals surface area contributed by atoms with Crippen LogP contribution in [-0.4, -0.2) is 65.8 Å². The van der Waals surface area contributed by atoms with Gasteiger partial charge in [0.1, 0.15) is 18.2 Å². The van der Waals surface area contributed by atoms with Gasteiger partial charge in [-0.1, -0.05) is 45.0 Å². The van der Waals surface area contributed by atoms with Crippen molar-refractivity contribution in [3.05, 3.63) is 78.0 Å². The van der Waals surface area contributed by atoms with Crippen LogP contribution in [0.1, 0.15) is 36.7 Å². The maximum absolute atomic E-state index is 13.6. The van der Waals surface area contributed by atoms with E-state index in [0.717, 1.165) is 49.5 Å². The van der Waals surface area contributed by atoms with E-state index >= 15 is 0 Å². The molecule has 40 heavy (non-hydrogen) atoms. The van der Waals surface area contributed by atoms with Crippen molar-refractivity contribution in [2.45, 2.75) is 26.2 Å². The van der Waals surface area contributed by atoms with Gasteiger partial charge in [-0.3, -0.25) is 14.5 Å². The highest BCUT2D eigenvalue weighted by molar-refractivity contribution is 6.48. The Morgan fingerprint density at radius 2 is 1.70 bits per heavy atom. The number of benzene rings is 3. The summed E-state index contributed by atoms with van der Waals surface area (Å²) in [6, 6.07) is 18.1. The summed E-state index contributed by atoms with van der Waals surface area (Å²) in [5, 5.41) is 8.82. The number of carbonyl (C=O) groups is 2. The first-order valence-corrected chi connectivity index (χ1v) is 13.5. The van der Waals surface area contributed by atoms with Gasteiger partial charge in [0.2, 0.25) is 0 Å². The number of nitrogens with zero attached hydrogens (tertiary/aromatic N) is 3. The zero-order chi connectivity index (χ0) is 28.3. The van der Waals surface area contributed by atoms with Crippen molar-refractivity contribution >= 4 is 34.0 Å². The van der Waals surface area contributed by atoms with E-state index in [1.807, 2.05) is 57.2 Å². The van der Waals surface area contributed by atoms with E-state index in [1.165, 1.54) is 0 Å². The first-order valence-electron chi connectivity index (χ1n) is 13.5. The fourth-order valence-corrected chi connectivity index (χ4v) is 4.82. The third-order valence-corrected chi connectivity index (χ3v) is 7.05. The van der Waals surface area contributed by atoms with Gasteiger partial charge in [-0.25, -0.2) is 4.68 Å². The van der Waals surface area contributed by atoms with Gasteiger partial charge in [0.05, 0.1) is 25.1 Å². The first kappa shape index (κ1) is 27.4. The number of morpholine rings is 1. The largest absolute Gasteiger partial charge is 0.492 e. The van der Waals surface area contributed by atoms with Crippen LogP contribution < -0.4 is 15.8 Å². The average Bonchev–Trinajstić information content (AvgIpc) is 3.38. The Bertz CT molecular complexity index is 1520. The Kier molecular flexibility index (Phi) is 7.86. The van der Waals surface area contributed by atoms with Crippen LogP contribution in [0, 0.1) is 0 Å². The summed E-state index contributed by atoms with van der Waals surface area (Å²) in [7, 11) is 0. The highest BCUT2D eigenvalue weighted by atomic mass is 16.5. The molecule has 0 saturated carbocycles. The molecule has 0 unspecified atom stereocenters. The van der Waals surface area contributed by atoms with Crippen LogP contribution in [0.15, 0.2) is 66.9 Å². The number of Topliss-reactive ketones (excluding diaryl/α,β-unsaturated/α-hetero) is 1. The summed E-state index contributed by atoms with van der Waals surface area (Å²) < 4.78 is 13.1. The normalized spacial score (nSPS) is 14.3. The molecule has 4 aromatic rings. The van der Waals surface area contributed by atoms with Gasteiger partial charge in [0, 0.05) is 41.8 Å². The minimum absolute atomic E-state index is 0.310. The standard InChI is InChI=1S/C31H35N5O4/c1-31(2,3)26-20-33-36(22-10-8-21(32)9-11-22)29(26)34-30(38)28(37)25-12-13-27(24-7-5-4-6-23(24)25)40-19-16-35-14-17-39-18-15-35/h4-13,20H,14-19,32H2,1-3H3,(H,34,38). The van der Waals surface area contributed by atoms with E-state index in [-0.39, 0.29) is 5.41 Å². The number of nitrogens with two attached hydrogens (primary N) is 1. The monoisotopic (exact) mass is 541 g/mol. The van der Waals surface area contributed by atoms with Crippen molar-refractivity contribution < 1.29 is 19.1 Å². The summed E-state index contributed by atoms with van der Waals surface area (Å²) >= 11 is 0. The Hall–Kier alpha value is -4.21. The van der Waals surface area contributed by atoms with Gasteiger partial charge < -0.3 is 20.5 Å². The van der Waals surface area contributed by atoms with E-state index in [2.05, 4.69) is 15.3 Å². The summed E-state index contributed by atoms with van der Waals surface area (Å²) in [4.78, 5) is 29.3. The summed E-state index contributed by atoms with van der Waals surface area (Å²) in [6.45, 7) is 10.6. The fourth-order valence-electron chi connectivity index (χ4n) is 4.82. The fraction of sp³-hybridized carbons (Fsp3) is 0.323. The molecule has 2 heterocycles. The molecule has 1 aliphatic heterocycles. The number of aromatic nitrogens is 2. The second kappa shape index (κ2) is 11.5. The summed E-state index contributed by atoms with van der Waals surface area (Å²) in [5.41, 5.74) is 7.98. The Labute approximate surface area is 233 Å². The molecule has 0 aliphatic carbocycles. The molecule has 1 amide bonds. The Balaban J connectivity index is 1.40. The first-order chi connectivity index (χ1) is 19.2. The smallest absolute Gasteiger partial charge is 0.297 e. The van der Waals surface area contributed by atoms with Gasteiger partial charge in [0.15, 0.2) is 0 Å². The number of fused-ring (bicyclic) bond motifs is 1. The maximum Gasteiger partial charge on any atom is 0.297 e. The zero-order valence-electron chi connectivity index (χ0n) is 23.1. The second-order valence-electron chi connectivity index (χ2n) is 10.9. The minimum Gasteiger partial charge on any atom is -0.492 e. The number of nitrogen functional groups attached to an aromatic ring is 1. The van der Waals surface area contributed by atoms with E-state index < -0.39 is 11.7 Å². The highest BCUT2D eigenvalue weighted by Gasteiger charge is 2.27. The lowest BCUT2D eigenvalue weighted by atomic mass is 9.88. The Morgan fingerprint density at radius 1 is 1.00 bits per heavy atom. The molecular weight excluding hydrogens is 506 g/mol. The van der Waals surface area contributed by atoms with Gasteiger partial charge in [-0.15, -0.1) is 0 Å². The number of nitrogens with one attached hydrogen (secondary N) is 1. The lowest BCUT2D eigenvalue weighted by Crippen LogP contribution is -2.38. The number of amides is 1. The van der Waals surface area contributed by atoms with Gasteiger partial charge in [-0.05, 0) is 47.2 Å².